The summed E-state index contributed by atoms with van der Waals surface area (Å²) >= 11 is 0. The van der Waals surface area contributed by atoms with Gasteiger partial charge in [-0.05, 0) is 47.5 Å². The van der Waals surface area contributed by atoms with Crippen LogP contribution in [0.25, 0.3) is 0 Å². The average molecular weight is 213 g/mol. The van der Waals surface area contributed by atoms with Crippen molar-refractivity contribution in [2.45, 2.75) is 84.1 Å². The highest BCUT2D eigenvalue weighted by Gasteiger charge is 2.45. The van der Waals surface area contributed by atoms with Gasteiger partial charge >= 0.3 is 0 Å². The molecular formula is C13H27NO. The van der Waals surface area contributed by atoms with Crippen molar-refractivity contribution in [3.8, 4) is 0 Å². The Morgan fingerprint density at radius 3 is 2.33 bits per heavy atom. The van der Waals surface area contributed by atoms with Crippen molar-refractivity contribution < 1.29 is 4.74 Å². The standard InChI is InChI=1S/C13H27NO/c1-7-8-10(2)14-11-9-12(3,4)15-13(11,5)6/h10-11,14H,7-9H2,1-6H3. The Balaban J connectivity index is 2.55. The molecule has 2 atom stereocenters. The molecule has 2 heteroatoms. The van der Waals surface area contributed by atoms with Gasteiger partial charge in [0.05, 0.1) is 11.2 Å². The minimum absolute atomic E-state index is 0.0209. The summed E-state index contributed by atoms with van der Waals surface area (Å²) in [6.07, 6.45) is 3.59. The van der Waals surface area contributed by atoms with E-state index in [1.54, 1.807) is 0 Å². The predicted molar refractivity (Wildman–Crippen MR) is 65.2 cm³/mol. The van der Waals surface area contributed by atoms with Gasteiger partial charge in [0, 0.05) is 12.1 Å². The Kier molecular flexibility index (Phi) is 3.83. The molecular weight excluding hydrogens is 186 g/mol. The van der Waals surface area contributed by atoms with Crippen LogP contribution in [0, 0.1) is 0 Å². The zero-order valence-corrected chi connectivity index (χ0v) is 11.2. The Morgan fingerprint density at radius 1 is 1.33 bits per heavy atom. The lowest BCUT2D eigenvalue weighted by molar-refractivity contribution is -0.0704. The molecule has 90 valence electrons. The topological polar surface area (TPSA) is 21.3 Å². The lowest BCUT2D eigenvalue weighted by atomic mass is 9.93. The van der Waals surface area contributed by atoms with Crippen LogP contribution in [-0.2, 0) is 4.74 Å². The molecule has 1 heterocycles. The van der Waals surface area contributed by atoms with Crippen LogP contribution < -0.4 is 5.32 Å². The van der Waals surface area contributed by atoms with Crippen LogP contribution in [0.3, 0.4) is 0 Å². The lowest BCUT2D eigenvalue weighted by Crippen LogP contribution is -2.47. The van der Waals surface area contributed by atoms with Gasteiger partial charge in [0.2, 0.25) is 0 Å². The Hall–Kier alpha value is -0.0800. The fraction of sp³-hybridized carbons (Fsp3) is 1.00. The van der Waals surface area contributed by atoms with E-state index in [1.807, 2.05) is 0 Å². The SMILES string of the molecule is CCCC(C)NC1CC(C)(C)OC1(C)C. The molecule has 0 saturated carbocycles. The summed E-state index contributed by atoms with van der Waals surface area (Å²) in [5.74, 6) is 0. The van der Waals surface area contributed by atoms with Crippen LogP contribution in [-0.4, -0.2) is 23.3 Å². The molecule has 0 radical (unpaired) electrons. The first-order valence-corrected chi connectivity index (χ1v) is 6.23. The van der Waals surface area contributed by atoms with Gasteiger partial charge in [-0.15, -0.1) is 0 Å². The van der Waals surface area contributed by atoms with Crippen molar-refractivity contribution in [2.75, 3.05) is 0 Å². The number of hydrogen-bond acceptors (Lipinski definition) is 2. The molecule has 0 aromatic carbocycles. The second kappa shape index (κ2) is 4.42. The highest BCUT2D eigenvalue weighted by Crippen LogP contribution is 2.37. The van der Waals surface area contributed by atoms with Crippen LogP contribution in [0.4, 0.5) is 0 Å². The molecule has 0 amide bonds. The molecule has 0 aliphatic carbocycles. The summed E-state index contributed by atoms with van der Waals surface area (Å²) < 4.78 is 6.07. The fourth-order valence-electron chi connectivity index (χ4n) is 2.68. The molecule has 0 aromatic rings. The summed E-state index contributed by atoms with van der Waals surface area (Å²) in [5.41, 5.74) is -0.0153. The van der Waals surface area contributed by atoms with Gasteiger partial charge in [-0.2, -0.15) is 0 Å². The van der Waals surface area contributed by atoms with Crippen molar-refractivity contribution in [1.82, 2.24) is 5.32 Å². The van der Waals surface area contributed by atoms with E-state index in [0.29, 0.717) is 12.1 Å². The smallest absolute Gasteiger partial charge is 0.0787 e. The first kappa shape index (κ1) is 13.0. The van der Waals surface area contributed by atoms with Crippen molar-refractivity contribution in [1.29, 1.82) is 0 Å². The summed E-state index contributed by atoms with van der Waals surface area (Å²) in [5, 5.41) is 3.70. The van der Waals surface area contributed by atoms with E-state index in [0.717, 1.165) is 6.42 Å². The quantitative estimate of drug-likeness (QED) is 0.775. The van der Waals surface area contributed by atoms with Gasteiger partial charge in [-0.1, -0.05) is 13.3 Å². The highest BCUT2D eigenvalue weighted by molar-refractivity contribution is 4.99. The van der Waals surface area contributed by atoms with E-state index < -0.39 is 0 Å². The molecule has 2 nitrogen and oxygen atoms in total. The Morgan fingerprint density at radius 2 is 1.93 bits per heavy atom. The molecule has 1 fully saturated rings. The largest absolute Gasteiger partial charge is 0.368 e. The maximum Gasteiger partial charge on any atom is 0.0787 e. The lowest BCUT2D eigenvalue weighted by Gasteiger charge is -2.30. The Bertz CT molecular complexity index is 211. The number of ether oxygens (including phenoxy) is 1. The van der Waals surface area contributed by atoms with E-state index in [-0.39, 0.29) is 11.2 Å². The minimum Gasteiger partial charge on any atom is -0.368 e. The summed E-state index contributed by atoms with van der Waals surface area (Å²) in [6, 6.07) is 1.07. The van der Waals surface area contributed by atoms with Gasteiger partial charge in [-0.25, -0.2) is 0 Å². The van der Waals surface area contributed by atoms with Crippen LogP contribution >= 0.6 is 0 Å². The first-order valence-electron chi connectivity index (χ1n) is 6.23. The minimum atomic E-state index is -0.0362. The van der Waals surface area contributed by atoms with Gasteiger partial charge in [0.1, 0.15) is 0 Å². The maximum absolute atomic E-state index is 6.07. The maximum atomic E-state index is 6.07. The van der Waals surface area contributed by atoms with E-state index >= 15 is 0 Å². The third kappa shape index (κ3) is 3.46. The fourth-order valence-corrected chi connectivity index (χ4v) is 2.68. The molecule has 0 spiro atoms. The number of nitrogens with one attached hydrogen (secondary N) is 1. The third-order valence-corrected chi connectivity index (χ3v) is 3.28. The molecule has 1 rings (SSSR count). The second-order valence-electron chi connectivity index (χ2n) is 6.08. The van der Waals surface area contributed by atoms with E-state index in [4.69, 9.17) is 4.74 Å². The zero-order valence-electron chi connectivity index (χ0n) is 11.2. The zero-order chi connectivity index (χ0) is 11.7. The first-order chi connectivity index (χ1) is 6.77. The summed E-state index contributed by atoms with van der Waals surface area (Å²) in [6.45, 7) is 13.3. The second-order valence-corrected chi connectivity index (χ2v) is 6.08. The summed E-state index contributed by atoms with van der Waals surface area (Å²) in [7, 11) is 0. The van der Waals surface area contributed by atoms with Crippen molar-refractivity contribution >= 4 is 0 Å². The van der Waals surface area contributed by atoms with Gasteiger partial charge in [-0.3, -0.25) is 0 Å². The molecule has 1 aliphatic rings. The van der Waals surface area contributed by atoms with Crippen LogP contribution in [0.5, 0.6) is 0 Å². The molecule has 1 aliphatic heterocycles. The van der Waals surface area contributed by atoms with Crippen molar-refractivity contribution in [3.05, 3.63) is 0 Å². The molecule has 1 N–H and O–H groups in total. The molecule has 15 heavy (non-hydrogen) atoms. The van der Waals surface area contributed by atoms with Crippen molar-refractivity contribution in [2.24, 2.45) is 0 Å². The van der Waals surface area contributed by atoms with E-state index in [9.17, 15) is 0 Å². The number of hydrogen-bond donors (Lipinski definition) is 1. The number of rotatable bonds is 4. The van der Waals surface area contributed by atoms with Gasteiger partial charge in [0.15, 0.2) is 0 Å². The van der Waals surface area contributed by atoms with Crippen LogP contribution in [0.2, 0.25) is 0 Å². The van der Waals surface area contributed by atoms with Crippen LogP contribution in [0.1, 0.15) is 60.8 Å². The molecule has 0 bridgehead atoms. The van der Waals surface area contributed by atoms with E-state index in [2.05, 4.69) is 46.9 Å². The normalized spacial score (nSPS) is 30.4. The third-order valence-electron chi connectivity index (χ3n) is 3.28. The Labute approximate surface area is 94.8 Å². The molecule has 1 saturated heterocycles. The van der Waals surface area contributed by atoms with Crippen LogP contribution in [0.15, 0.2) is 0 Å². The highest BCUT2D eigenvalue weighted by atomic mass is 16.5. The van der Waals surface area contributed by atoms with Crippen molar-refractivity contribution in [3.63, 3.8) is 0 Å². The molecule has 0 aromatic heterocycles. The van der Waals surface area contributed by atoms with Gasteiger partial charge in [0.25, 0.3) is 0 Å². The monoisotopic (exact) mass is 213 g/mol. The predicted octanol–water partition coefficient (Wildman–Crippen LogP) is 3.11. The average Bonchev–Trinajstić information content (AvgIpc) is 2.19. The summed E-state index contributed by atoms with van der Waals surface area (Å²) in [4.78, 5) is 0. The van der Waals surface area contributed by atoms with Gasteiger partial charge < -0.3 is 10.1 Å². The van der Waals surface area contributed by atoms with E-state index in [1.165, 1.54) is 12.8 Å². The molecule has 2 unspecified atom stereocenters.